The Morgan fingerprint density at radius 3 is 0.902 bits per heavy atom. The Bertz CT molecular complexity index is 539. The van der Waals surface area contributed by atoms with E-state index in [0.29, 0.717) is 22.7 Å². The maximum atomic E-state index is 10.2. The Morgan fingerprint density at radius 1 is 0.512 bits per heavy atom. The maximum absolute atomic E-state index is 10.2. The van der Waals surface area contributed by atoms with Crippen LogP contribution in [0.4, 0.5) is 0 Å². The molecular formula is C30H61BCoO9. The molecule has 0 aromatic heterocycles. The molecule has 0 aromatic rings. The van der Waals surface area contributed by atoms with Gasteiger partial charge in [0, 0.05) is 18.4 Å². The van der Waals surface area contributed by atoms with Crippen LogP contribution in [0.15, 0.2) is 0 Å². The molecule has 11 heteroatoms. The fraction of sp³-hybridized carbons (Fsp3) is 0.900. The first kappa shape index (κ1) is 49.5. The number of carbonyl (C=O) groups is 3. The summed E-state index contributed by atoms with van der Waals surface area (Å²) in [4.78, 5) is 30.3. The predicted octanol–water partition coefficient (Wildman–Crippen LogP) is 4.48. The Balaban J connectivity index is -0.000000146. The van der Waals surface area contributed by atoms with Crippen LogP contribution in [-0.2, 0) is 31.2 Å². The third kappa shape index (κ3) is 79.0. The minimum atomic E-state index is -2.17. The van der Waals surface area contributed by atoms with E-state index < -0.39 is 25.2 Å². The molecule has 4 N–H and O–H groups in total. The molecule has 41 heavy (non-hydrogen) atoms. The van der Waals surface area contributed by atoms with E-state index in [-0.39, 0.29) is 29.6 Å². The molecule has 0 aliphatic rings. The number of rotatable bonds is 15. The molecule has 9 nitrogen and oxygen atoms in total. The van der Waals surface area contributed by atoms with Gasteiger partial charge >= 0.3 is 30.1 Å². The van der Waals surface area contributed by atoms with Gasteiger partial charge in [-0.05, 0) is 67.6 Å². The molecule has 0 bridgehead atoms. The molecule has 0 aliphatic heterocycles. The molecule has 0 aromatic carbocycles. The fourth-order valence-corrected chi connectivity index (χ4v) is 3.31. The van der Waals surface area contributed by atoms with Crippen LogP contribution < -0.4 is 10.2 Å². The molecule has 0 spiro atoms. The number of aliphatic carboxylic acids is 3. The first-order valence-electron chi connectivity index (χ1n) is 14.6. The Kier molecular flexibility index (Phi) is 35.0. The molecule has 1 radical (unpaired) electrons. The van der Waals surface area contributed by atoms with E-state index in [4.69, 9.17) is 20.2 Å². The number of hydrogen-bond acceptors (Lipinski definition) is 8. The second-order valence-corrected chi connectivity index (χ2v) is 13.8. The molecular weight excluding hydrogens is 574 g/mol. The topological polar surface area (TPSA) is 178 Å². The van der Waals surface area contributed by atoms with Gasteiger partial charge in [0.05, 0.1) is 0 Å². The van der Waals surface area contributed by atoms with Crippen molar-refractivity contribution < 1.29 is 61.6 Å². The second-order valence-electron chi connectivity index (χ2n) is 13.8. The van der Waals surface area contributed by atoms with Crippen LogP contribution in [0.1, 0.15) is 159 Å². The first-order valence-corrected chi connectivity index (χ1v) is 14.6. The van der Waals surface area contributed by atoms with Crippen molar-refractivity contribution in [2.24, 2.45) is 16.2 Å². The van der Waals surface area contributed by atoms with Crippen molar-refractivity contribution in [2.75, 3.05) is 0 Å². The molecule has 0 unspecified atom stereocenters. The predicted molar refractivity (Wildman–Crippen MR) is 158 cm³/mol. The Morgan fingerprint density at radius 2 is 0.732 bits per heavy atom. The maximum Gasteiger partial charge on any atom is 2.00 e. The summed E-state index contributed by atoms with van der Waals surface area (Å²) < 4.78 is 0. The van der Waals surface area contributed by atoms with Crippen LogP contribution >= 0.6 is 0 Å². The van der Waals surface area contributed by atoms with E-state index >= 15 is 0 Å². The molecule has 0 amide bonds. The van der Waals surface area contributed by atoms with Gasteiger partial charge in [-0.2, -0.15) is 0 Å². The number of hydrogen-bond donors (Lipinski definition) is 4. The average Bonchev–Trinajstić information content (AvgIpc) is 2.70. The zero-order valence-electron chi connectivity index (χ0n) is 27.3. The summed E-state index contributed by atoms with van der Waals surface area (Å²) in [6.07, 6.45) is 13.1. The third-order valence-corrected chi connectivity index (χ3v) is 5.43. The summed E-state index contributed by atoms with van der Waals surface area (Å²) in [7, 11) is -2.17. The summed E-state index contributed by atoms with van der Waals surface area (Å²) in [5, 5.41) is 50.0. The van der Waals surface area contributed by atoms with Crippen LogP contribution in [0.2, 0.25) is 0 Å². The smallest absolute Gasteiger partial charge is 0.550 e. The van der Waals surface area contributed by atoms with Crippen molar-refractivity contribution in [3.63, 3.8) is 0 Å². The van der Waals surface area contributed by atoms with Crippen LogP contribution in [0.25, 0.3) is 0 Å². The summed E-state index contributed by atoms with van der Waals surface area (Å²) in [6, 6.07) is 0. The van der Waals surface area contributed by atoms with E-state index in [2.05, 4.69) is 62.3 Å². The van der Waals surface area contributed by atoms with Gasteiger partial charge in [0.1, 0.15) is 0 Å². The summed E-state index contributed by atoms with van der Waals surface area (Å²) in [5.41, 5.74) is 1.15. The Labute approximate surface area is 261 Å². The second kappa shape index (κ2) is 29.0. The first-order chi connectivity index (χ1) is 18.0. The largest absolute Gasteiger partial charge is 2.00 e. The van der Waals surface area contributed by atoms with E-state index in [9.17, 15) is 24.6 Å². The van der Waals surface area contributed by atoms with Gasteiger partial charge in [-0.25, -0.2) is 0 Å². The number of carboxylic acids is 3. The van der Waals surface area contributed by atoms with Crippen LogP contribution in [0, 0.1) is 16.2 Å². The van der Waals surface area contributed by atoms with Gasteiger partial charge in [-0.15, -0.1) is 0 Å². The van der Waals surface area contributed by atoms with Crippen LogP contribution in [0.5, 0.6) is 0 Å². The van der Waals surface area contributed by atoms with Crippen molar-refractivity contribution in [3.05, 3.63) is 0 Å². The third-order valence-electron chi connectivity index (χ3n) is 5.43. The normalized spacial score (nSPS) is 10.8. The van der Waals surface area contributed by atoms with Crippen molar-refractivity contribution in [3.8, 4) is 0 Å². The minimum absolute atomic E-state index is 0. The number of unbranched alkanes of at least 4 members (excludes halogenated alkanes) is 6. The molecule has 0 heterocycles. The van der Waals surface area contributed by atoms with Crippen molar-refractivity contribution in [1.29, 1.82) is 0 Å². The van der Waals surface area contributed by atoms with Gasteiger partial charge in [0.2, 0.25) is 0 Å². The molecule has 0 saturated heterocycles. The van der Waals surface area contributed by atoms with Crippen LogP contribution in [0.3, 0.4) is 0 Å². The summed E-state index contributed by atoms with van der Waals surface area (Å²) in [6.45, 7) is 19.8. The van der Waals surface area contributed by atoms with Gasteiger partial charge in [0.25, 0.3) is 0 Å². The van der Waals surface area contributed by atoms with Crippen LogP contribution in [-0.4, -0.2) is 45.4 Å². The minimum Gasteiger partial charge on any atom is -0.550 e. The Hall–Kier alpha value is -1.14. The molecule has 0 saturated carbocycles. The zero-order valence-corrected chi connectivity index (χ0v) is 28.4. The van der Waals surface area contributed by atoms with Gasteiger partial charge in [0.15, 0.2) is 0 Å². The molecule has 0 aliphatic carbocycles. The summed E-state index contributed by atoms with van der Waals surface area (Å²) in [5.74, 6) is -2.53. The monoisotopic (exact) mass is 635 g/mol. The van der Waals surface area contributed by atoms with Gasteiger partial charge < -0.3 is 40.0 Å². The van der Waals surface area contributed by atoms with E-state index in [1.54, 1.807) is 0 Å². The van der Waals surface area contributed by atoms with Gasteiger partial charge in [-0.3, -0.25) is 4.79 Å². The zero-order chi connectivity index (χ0) is 32.4. The standard InChI is InChI=1S/3C10H20O2.BH3O3.Co/c3*1-10(2,3)8-6-4-5-7-9(11)12;2-1(3)4;/h3*4-8H2,1-3H3,(H,11,12);2-4H;/q;;;;+2/p-2. The molecule has 247 valence electrons. The van der Waals surface area contributed by atoms with E-state index in [1.165, 1.54) is 19.3 Å². The number of carboxylic acid groups (broad SMARTS) is 3. The van der Waals surface area contributed by atoms with Crippen molar-refractivity contribution >= 4 is 25.2 Å². The molecule has 0 fully saturated rings. The van der Waals surface area contributed by atoms with Gasteiger partial charge in [-0.1, -0.05) is 101 Å². The number of carbonyl (C=O) groups excluding carboxylic acids is 2. The SMILES string of the molecule is CC(C)(C)CCCCCC(=O)O.CC(C)(C)CCCCCC(=O)[O-].CC(C)(C)CCCCCC(=O)[O-].OB(O)O.[Co+2]. The van der Waals surface area contributed by atoms with Crippen molar-refractivity contribution in [1.82, 2.24) is 0 Å². The summed E-state index contributed by atoms with van der Waals surface area (Å²) >= 11 is 0. The average molecular weight is 636 g/mol. The quantitative estimate of drug-likeness (QED) is 0.149. The van der Waals surface area contributed by atoms with Crippen molar-refractivity contribution in [2.45, 2.75) is 159 Å². The molecule has 0 rings (SSSR count). The molecule has 0 atom stereocenters. The van der Waals surface area contributed by atoms with E-state index in [0.717, 1.165) is 57.8 Å². The van der Waals surface area contributed by atoms with E-state index in [1.807, 2.05) is 0 Å². The fourth-order valence-electron chi connectivity index (χ4n) is 3.31.